The summed E-state index contributed by atoms with van der Waals surface area (Å²) in [7, 11) is 0. The van der Waals surface area contributed by atoms with Crippen LogP contribution in [0, 0.1) is 5.92 Å². The Morgan fingerprint density at radius 2 is 1.74 bits per heavy atom. The summed E-state index contributed by atoms with van der Waals surface area (Å²) >= 11 is 0. The molecule has 0 saturated carbocycles. The first-order chi connectivity index (χ1) is 20.2. The minimum Gasteiger partial charge on any atom is -0.354 e. The van der Waals surface area contributed by atoms with Crippen LogP contribution in [0.1, 0.15) is 63.5 Å². The molecule has 1 unspecified atom stereocenters. The minimum absolute atomic E-state index is 0.0718. The molecule has 1 fully saturated rings. The first-order valence-corrected chi connectivity index (χ1v) is 15.1. The van der Waals surface area contributed by atoms with Crippen molar-refractivity contribution in [2.24, 2.45) is 5.92 Å². The van der Waals surface area contributed by atoms with E-state index in [1.807, 2.05) is 38.1 Å². The Labute approximate surface area is 247 Å². The molecule has 4 rings (SSSR count). The highest BCUT2D eigenvalue weighted by atomic mass is 16.2. The molecule has 10 heteroatoms. The summed E-state index contributed by atoms with van der Waals surface area (Å²) in [6.07, 6.45) is 5.66. The lowest BCUT2D eigenvalue weighted by atomic mass is 9.75. The van der Waals surface area contributed by atoms with Crippen molar-refractivity contribution in [2.45, 2.75) is 70.9 Å². The zero-order valence-electron chi connectivity index (χ0n) is 24.8. The number of nitrogens with zero attached hydrogens (tertiary/aromatic N) is 3. The van der Waals surface area contributed by atoms with Gasteiger partial charge in [0.1, 0.15) is 5.54 Å². The number of carbonyl (C=O) groups is 4. The lowest BCUT2D eigenvalue weighted by Gasteiger charge is -2.39. The maximum absolute atomic E-state index is 13.8. The van der Waals surface area contributed by atoms with Gasteiger partial charge in [-0.2, -0.15) is 0 Å². The predicted octanol–water partition coefficient (Wildman–Crippen LogP) is 2.20. The summed E-state index contributed by atoms with van der Waals surface area (Å²) in [5.41, 5.74) is 0.464. The normalized spacial score (nSPS) is 20.6. The second-order valence-electron chi connectivity index (χ2n) is 11.7. The molecule has 1 aliphatic carbocycles. The number of fused-ring (bicyclic) bond motifs is 2. The van der Waals surface area contributed by atoms with E-state index in [2.05, 4.69) is 10.6 Å². The van der Waals surface area contributed by atoms with Crippen molar-refractivity contribution in [3.8, 4) is 0 Å². The topological polar surface area (TPSA) is 121 Å². The van der Waals surface area contributed by atoms with Crippen molar-refractivity contribution >= 4 is 23.6 Å². The lowest BCUT2D eigenvalue weighted by Crippen LogP contribution is -2.60. The van der Waals surface area contributed by atoms with Crippen LogP contribution in [0.4, 0.5) is 0 Å². The van der Waals surface area contributed by atoms with E-state index in [0.717, 1.165) is 24.0 Å². The Morgan fingerprint density at radius 1 is 0.952 bits per heavy atom. The van der Waals surface area contributed by atoms with Crippen molar-refractivity contribution in [3.05, 3.63) is 70.1 Å². The summed E-state index contributed by atoms with van der Waals surface area (Å²) in [4.78, 5) is 69.4. The minimum atomic E-state index is -1.19. The van der Waals surface area contributed by atoms with E-state index in [0.29, 0.717) is 51.2 Å². The molecule has 1 atom stereocenters. The molecule has 2 N–H and O–H groups in total. The third-order valence-electron chi connectivity index (χ3n) is 8.16. The number of aromatic nitrogens is 1. The molecule has 4 amide bonds. The molecule has 1 saturated heterocycles. The Kier molecular flexibility index (Phi) is 10.5. The van der Waals surface area contributed by atoms with Gasteiger partial charge in [-0.3, -0.25) is 24.0 Å². The Hall–Kier alpha value is -3.95. The molecule has 1 aliphatic heterocycles. The van der Waals surface area contributed by atoms with Crippen LogP contribution in [0.25, 0.3) is 0 Å². The van der Waals surface area contributed by atoms with Crippen LogP contribution in [-0.4, -0.2) is 70.7 Å². The van der Waals surface area contributed by atoms with Crippen LogP contribution in [-0.2, 0) is 37.7 Å². The van der Waals surface area contributed by atoms with Crippen LogP contribution in [0.5, 0.6) is 0 Å². The van der Waals surface area contributed by atoms with E-state index < -0.39 is 11.4 Å². The molecule has 2 heterocycles. The maximum Gasteiger partial charge on any atom is 0.250 e. The van der Waals surface area contributed by atoms with Crippen molar-refractivity contribution in [1.29, 1.82) is 0 Å². The maximum atomic E-state index is 13.8. The van der Waals surface area contributed by atoms with Gasteiger partial charge >= 0.3 is 0 Å². The number of nitrogens with one attached hydrogen (secondary N) is 2. The second-order valence-corrected chi connectivity index (χ2v) is 11.7. The summed E-state index contributed by atoms with van der Waals surface area (Å²) < 4.78 is 1.47. The molecule has 1 aromatic heterocycles. The number of benzene rings is 1. The van der Waals surface area contributed by atoms with Gasteiger partial charge in [0.05, 0.1) is 13.1 Å². The smallest absolute Gasteiger partial charge is 0.250 e. The second kappa shape index (κ2) is 14.3. The van der Waals surface area contributed by atoms with Gasteiger partial charge in [0.25, 0.3) is 5.56 Å². The van der Waals surface area contributed by atoms with E-state index in [9.17, 15) is 24.0 Å². The zero-order chi connectivity index (χ0) is 30.1. The number of hydrogen-bond acceptors (Lipinski definition) is 5. The first kappa shape index (κ1) is 31.0. The molecule has 42 heavy (non-hydrogen) atoms. The highest BCUT2D eigenvalue weighted by Crippen LogP contribution is 2.36. The van der Waals surface area contributed by atoms with Gasteiger partial charge in [-0.15, -0.1) is 0 Å². The summed E-state index contributed by atoms with van der Waals surface area (Å²) in [5.74, 6) is -0.895. The number of amides is 4. The lowest BCUT2D eigenvalue weighted by molar-refractivity contribution is -0.143. The van der Waals surface area contributed by atoms with Gasteiger partial charge in [-0.25, -0.2) is 0 Å². The number of rotatable bonds is 6. The summed E-state index contributed by atoms with van der Waals surface area (Å²) in [6, 6.07) is 12.6. The largest absolute Gasteiger partial charge is 0.354 e. The van der Waals surface area contributed by atoms with Crippen LogP contribution in [0.15, 0.2) is 53.5 Å². The average Bonchev–Trinajstić information content (AvgIpc) is 2.97. The van der Waals surface area contributed by atoms with E-state index in [1.165, 1.54) is 20.4 Å². The van der Waals surface area contributed by atoms with Gasteiger partial charge in [0.15, 0.2) is 0 Å². The number of hydrogen-bond donors (Lipinski definition) is 2. The Balaban J connectivity index is 1.56. The Bertz CT molecular complexity index is 1340. The third kappa shape index (κ3) is 7.66. The molecule has 0 bridgehead atoms. The first-order valence-electron chi connectivity index (χ1n) is 15.1. The molecular weight excluding hydrogens is 534 g/mol. The highest BCUT2D eigenvalue weighted by Gasteiger charge is 2.44. The molecular formula is C32H43N5O5. The molecule has 10 nitrogen and oxygen atoms in total. The number of carbonyl (C=O) groups excluding carboxylic acids is 4. The van der Waals surface area contributed by atoms with Crippen LogP contribution in [0.3, 0.4) is 0 Å². The van der Waals surface area contributed by atoms with Gasteiger partial charge in [0.2, 0.25) is 23.6 Å². The molecule has 1 spiro atoms. The van der Waals surface area contributed by atoms with Crippen molar-refractivity contribution in [3.63, 3.8) is 0 Å². The average molecular weight is 578 g/mol. The molecule has 226 valence electrons. The van der Waals surface area contributed by atoms with Gasteiger partial charge in [0, 0.05) is 44.9 Å². The standard InChI is InChI=1S/C32H43N5O5/c1-24(2)14-20-37-22-27(38)34-32(16-9-11-25-10-3-4-12-26(25)32)31(42)33-17-6-8-19-36(23-30(37)41)29(40)15-21-35-18-7-5-13-28(35)39/h3-5,7,10,12-13,18,24H,6,8-9,11,14-17,19-23H2,1-2H3,(H,33,42)(H,34,38). The van der Waals surface area contributed by atoms with Crippen molar-refractivity contribution in [1.82, 2.24) is 25.0 Å². The van der Waals surface area contributed by atoms with E-state index >= 15 is 0 Å². The van der Waals surface area contributed by atoms with Crippen LogP contribution in [0.2, 0.25) is 0 Å². The highest BCUT2D eigenvalue weighted by molar-refractivity contribution is 5.95. The van der Waals surface area contributed by atoms with E-state index in [1.54, 1.807) is 18.3 Å². The van der Waals surface area contributed by atoms with Crippen LogP contribution < -0.4 is 16.2 Å². The molecule has 0 radical (unpaired) electrons. The number of pyridine rings is 1. The predicted molar refractivity (Wildman–Crippen MR) is 159 cm³/mol. The molecule has 2 aliphatic rings. The Morgan fingerprint density at radius 3 is 2.52 bits per heavy atom. The quantitative estimate of drug-likeness (QED) is 0.546. The fraction of sp³-hybridized carbons (Fsp3) is 0.531. The summed E-state index contributed by atoms with van der Waals surface area (Å²) in [6.45, 7) is 5.04. The van der Waals surface area contributed by atoms with E-state index in [4.69, 9.17) is 0 Å². The zero-order valence-corrected chi connectivity index (χ0v) is 24.8. The van der Waals surface area contributed by atoms with Gasteiger partial charge in [-0.05, 0) is 61.6 Å². The van der Waals surface area contributed by atoms with E-state index in [-0.39, 0.29) is 49.3 Å². The number of aryl methyl sites for hydroxylation is 2. The van der Waals surface area contributed by atoms with Crippen molar-refractivity contribution in [2.75, 3.05) is 32.7 Å². The monoisotopic (exact) mass is 577 g/mol. The molecule has 1 aromatic carbocycles. The molecule has 2 aromatic rings. The van der Waals surface area contributed by atoms with Crippen molar-refractivity contribution < 1.29 is 19.2 Å². The SMILES string of the molecule is CC(C)CCN1CC(=O)NC2(CCCc3ccccc32)C(=O)NCCCCN(C(=O)CCn2ccccc2=O)CC1=O. The van der Waals surface area contributed by atoms with Gasteiger partial charge in [-0.1, -0.05) is 44.2 Å². The fourth-order valence-electron chi connectivity index (χ4n) is 5.77. The van der Waals surface area contributed by atoms with Gasteiger partial charge < -0.3 is 25.0 Å². The van der Waals surface area contributed by atoms with Crippen LogP contribution >= 0.6 is 0 Å². The summed E-state index contributed by atoms with van der Waals surface area (Å²) in [5, 5.41) is 6.09. The third-order valence-corrected chi connectivity index (χ3v) is 8.16. The fourth-order valence-corrected chi connectivity index (χ4v) is 5.77.